The van der Waals surface area contributed by atoms with E-state index in [9.17, 15) is 0 Å². The minimum absolute atomic E-state index is 0.365. The number of hydrogen-bond donors (Lipinski definition) is 3. The first-order valence-electron chi connectivity index (χ1n) is 2.09. The molecule has 5 heteroatoms. The van der Waals surface area contributed by atoms with Crippen molar-refractivity contribution in [2.75, 3.05) is 13.2 Å². The standard InChI is InChI=1S/C3H8O3.ClH.Li/c4-1-3(6)2-5;;/h3-6H,1-2H2;1H;/q;;+1/p-1. The number of halogens is 1. The van der Waals surface area contributed by atoms with E-state index in [-0.39, 0.29) is 13.2 Å². The summed E-state index contributed by atoms with van der Waals surface area (Å²) >= 11 is 1.47. The molecular formula is C3H8ClLiO3. The summed E-state index contributed by atoms with van der Waals surface area (Å²) in [5.41, 5.74) is 0. The number of hydrogen-bond acceptors (Lipinski definition) is 3. The quantitative estimate of drug-likeness (QED) is 0.409. The van der Waals surface area contributed by atoms with Gasteiger partial charge in [-0.1, -0.05) is 0 Å². The summed E-state index contributed by atoms with van der Waals surface area (Å²) in [5, 5.41) is 24.0. The van der Waals surface area contributed by atoms with Crippen LogP contribution >= 0.6 is 9.80 Å². The van der Waals surface area contributed by atoms with Crippen LogP contribution in [0, 0.1) is 0 Å². The van der Waals surface area contributed by atoms with Crippen LogP contribution in [0.25, 0.3) is 0 Å². The maximum absolute atomic E-state index is 8.17. The Labute approximate surface area is 61.6 Å². The van der Waals surface area contributed by atoms with E-state index in [1.807, 2.05) is 0 Å². The van der Waals surface area contributed by atoms with Crippen LogP contribution in [0.1, 0.15) is 0 Å². The van der Waals surface area contributed by atoms with Gasteiger partial charge in [0.25, 0.3) is 0 Å². The molecule has 0 bridgehead atoms. The normalized spacial score (nSPS) is 8.38. The second-order valence-electron chi connectivity index (χ2n) is 1.02. The third kappa shape index (κ3) is 9.90. The van der Waals surface area contributed by atoms with Crippen molar-refractivity contribution in [1.82, 2.24) is 0 Å². The SMILES string of the molecule is OCC(O)CO.[Li][Cl]. The zero-order valence-electron chi connectivity index (χ0n) is 4.71. The first kappa shape index (κ1) is 11.5. The van der Waals surface area contributed by atoms with Gasteiger partial charge in [0.15, 0.2) is 0 Å². The molecule has 0 saturated heterocycles. The van der Waals surface area contributed by atoms with Crippen molar-refractivity contribution in [1.29, 1.82) is 0 Å². The van der Waals surface area contributed by atoms with Crippen LogP contribution in [0.2, 0.25) is 0 Å². The third-order valence-corrected chi connectivity index (χ3v) is 0.421. The fourth-order valence-corrected chi connectivity index (χ4v) is 0.0577. The van der Waals surface area contributed by atoms with Crippen LogP contribution in [-0.4, -0.2) is 51.4 Å². The number of aliphatic hydroxyl groups is 3. The van der Waals surface area contributed by atoms with Gasteiger partial charge in [-0.05, 0) is 0 Å². The molecule has 0 atom stereocenters. The van der Waals surface area contributed by atoms with Gasteiger partial charge in [0.2, 0.25) is 0 Å². The molecule has 0 aliphatic carbocycles. The zero-order valence-corrected chi connectivity index (χ0v) is 5.47. The molecule has 0 aliphatic rings. The van der Waals surface area contributed by atoms with Crippen LogP contribution in [0.3, 0.4) is 0 Å². The first-order valence-corrected chi connectivity index (χ1v) is 2.84. The van der Waals surface area contributed by atoms with Crippen molar-refractivity contribution in [3.8, 4) is 0 Å². The Morgan fingerprint density at radius 3 is 1.50 bits per heavy atom. The van der Waals surface area contributed by atoms with Crippen LogP contribution in [0.5, 0.6) is 0 Å². The number of rotatable bonds is 2. The summed E-state index contributed by atoms with van der Waals surface area (Å²) < 4.78 is 0. The molecule has 0 unspecified atom stereocenters. The Morgan fingerprint density at radius 2 is 1.50 bits per heavy atom. The van der Waals surface area contributed by atoms with Gasteiger partial charge < -0.3 is 15.3 Å². The summed E-state index contributed by atoms with van der Waals surface area (Å²) in [7, 11) is 4.64. The fourth-order valence-electron chi connectivity index (χ4n) is 0.0577. The van der Waals surface area contributed by atoms with Crippen molar-refractivity contribution in [2.24, 2.45) is 0 Å². The monoisotopic (exact) mass is 134 g/mol. The van der Waals surface area contributed by atoms with E-state index in [4.69, 9.17) is 15.3 Å². The van der Waals surface area contributed by atoms with E-state index in [1.54, 1.807) is 0 Å². The molecule has 0 saturated carbocycles. The predicted octanol–water partition coefficient (Wildman–Crippen LogP) is -1.36. The zero-order chi connectivity index (χ0) is 6.99. The summed E-state index contributed by atoms with van der Waals surface area (Å²) in [4.78, 5) is 0. The van der Waals surface area contributed by atoms with Crippen LogP contribution in [-0.2, 0) is 0 Å². The Kier molecular flexibility index (Phi) is 15.4. The van der Waals surface area contributed by atoms with Crippen molar-refractivity contribution in [3.63, 3.8) is 0 Å². The first-order chi connectivity index (χ1) is 3.81. The molecule has 46 valence electrons. The fraction of sp³-hybridized carbons (Fsp3) is 1.00. The maximum atomic E-state index is 8.17. The summed E-state index contributed by atoms with van der Waals surface area (Å²) in [6.07, 6.45) is -0.954. The van der Waals surface area contributed by atoms with E-state index >= 15 is 0 Å². The van der Waals surface area contributed by atoms with Gasteiger partial charge in [0.1, 0.15) is 6.10 Å². The Bertz CT molecular complexity index is 33.7. The molecule has 0 heterocycles. The number of aliphatic hydroxyl groups excluding tert-OH is 3. The van der Waals surface area contributed by atoms with E-state index in [2.05, 4.69) is 9.80 Å². The van der Waals surface area contributed by atoms with Gasteiger partial charge in [-0.2, -0.15) is 0 Å². The van der Waals surface area contributed by atoms with Crippen molar-refractivity contribution in [3.05, 3.63) is 0 Å². The molecule has 0 spiro atoms. The molecule has 0 amide bonds. The average Bonchev–Trinajstić information content (AvgIpc) is 1.91. The Hall–Kier alpha value is 0.767. The van der Waals surface area contributed by atoms with Crippen molar-refractivity contribution >= 4 is 26.5 Å². The summed E-state index contributed by atoms with van der Waals surface area (Å²) in [6.45, 7) is -0.729. The third-order valence-electron chi connectivity index (χ3n) is 0.421. The van der Waals surface area contributed by atoms with E-state index in [0.29, 0.717) is 0 Å². The second-order valence-corrected chi connectivity index (χ2v) is 1.02. The van der Waals surface area contributed by atoms with Gasteiger partial charge in [0.05, 0.1) is 13.2 Å². The Morgan fingerprint density at radius 1 is 1.25 bits per heavy atom. The molecule has 3 N–H and O–H groups in total. The van der Waals surface area contributed by atoms with E-state index < -0.39 is 6.10 Å². The van der Waals surface area contributed by atoms with Gasteiger partial charge >= 0.3 is 26.5 Å². The second kappa shape index (κ2) is 10.7. The van der Waals surface area contributed by atoms with Crippen molar-refractivity contribution in [2.45, 2.75) is 6.10 Å². The molecule has 0 radical (unpaired) electrons. The molecule has 8 heavy (non-hydrogen) atoms. The topological polar surface area (TPSA) is 60.7 Å². The summed E-state index contributed by atoms with van der Waals surface area (Å²) in [5.74, 6) is 0. The summed E-state index contributed by atoms with van der Waals surface area (Å²) in [6, 6.07) is 0. The minimum atomic E-state index is -0.954. The molecule has 0 aromatic rings. The molecule has 0 rings (SSSR count). The molecular weight excluding hydrogens is 126 g/mol. The molecule has 0 aromatic heterocycles. The van der Waals surface area contributed by atoms with Crippen LogP contribution in [0.4, 0.5) is 0 Å². The Balaban J connectivity index is 0. The molecule has 3 nitrogen and oxygen atoms in total. The predicted molar refractivity (Wildman–Crippen MR) is 31.8 cm³/mol. The van der Waals surface area contributed by atoms with E-state index in [0.717, 1.165) is 0 Å². The van der Waals surface area contributed by atoms with Crippen LogP contribution < -0.4 is 0 Å². The molecule has 0 aliphatic heterocycles. The van der Waals surface area contributed by atoms with E-state index in [1.165, 1.54) is 16.7 Å². The molecule has 0 fully saturated rings. The van der Waals surface area contributed by atoms with Crippen LogP contribution in [0.15, 0.2) is 0 Å². The van der Waals surface area contributed by atoms with Gasteiger partial charge in [0, 0.05) is 0 Å². The van der Waals surface area contributed by atoms with Gasteiger partial charge in [-0.25, -0.2) is 0 Å². The van der Waals surface area contributed by atoms with Gasteiger partial charge in [-0.15, -0.1) is 0 Å². The van der Waals surface area contributed by atoms with Gasteiger partial charge in [-0.3, -0.25) is 0 Å². The average molecular weight is 134 g/mol. The van der Waals surface area contributed by atoms with Crippen molar-refractivity contribution < 1.29 is 15.3 Å². The molecule has 0 aromatic carbocycles.